The minimum absolute atomic E-state index is 0.0724. The molecule has 196 valence electrons. The molecule has 1 saturated carbocycles. The van der Waals surface area contributed by atoms with Gasteiger partial charge in [0.25, 0.3) is 0 Å². The van der Waals surface area contributed by atoms with E-state index in [-0.39, 0.29) is 17.2 Å². The van der Waals surface area contributed by atoms with E-state index in [4.69, 9.17) is 34.0 Å². The fourth-order valence-corrected chi connectivity index (χ4v) is 5.59. The van der Waals surface area contributed by atoms with Gasteiger partial charge in [-0.15, -0.1) is 0 Å². The molecule has 1 fully saturated rings. The van der Waals surface area contributed by atoms with E-state index < -0.39 is 6.04 Å². The normalized spacial score (nSPS) is 19.0. The number of carbonyl (C=O) groups is 1. The summed E-state index contributed by atoms with van der Waals surface area (Å²) in [6, 6.07) is 20.9. The van der Waals surface area contributed by atoms with Gasteiger partial charge in [-0.05, 0) is 66.1 Å². The van der Waals surface area contributed by atoms with E-state index in [1.807, 2.05) is 65.5 Å². The van der Waals surface area contributed by atoms with Gasteiger partial charge in [-0.2, -0.15) is 5.10 Å². The maximum absolute atomic E-state index is 12.7. The van der Waals surface area contributed by atoms with Crippen LogP contribution in [0.1, 0.15) is 37.4 Å². The molecule has 3 atom stereocenters. The van der Waals surface area contributed by atoms with Crippen LogP contribution in [0.3, 0.4) is 0 Å². The van der Waals surface area contributed by atoms with Crippen LogP contribution in [0, 0.1) is 11.3 Å². The molecule has 2 heterocycles. The first-order valence-electron chi connectivity index (χ1n) is 12.8. The van der Waals surface area contributed by atoms with Crippen molar-refractivity contribution in [3.05, 3.63) is 100 Å². The third kappa shape index (κ3) is 5.35. The summed E-state index contributed by atoms with van der Waals surface area (Å²) in [6.45, 7) is 5.08. The van der Waals surface area contributed by atoms with E-state index in [2.05, 4.69) is 30.2 Å². The lowest BCUT2D eigenvalue weighted by Gasteiger charge is -2.52. The lowest BCUT2D eigenvalue weighted by molar-refractivity contribution is -0.123. The Bertz CT molecular complexity index is 1420. The molecular formula is C30H31Cl2N5O. The van der Waals surface area contributed by atoms with Gasteiger partial charge in [-0.3, -0.25) is 9.78 Å². The zero-order valence-corrected chi connectivity index (χ0v) is 23.0. The molecule has 0 aliphatic heterocycles. The number of nitrogens with one attached hydrogen (secondary N) is 1. The Labute approximate surface area is 233 Å². The molecule has 1 aliphatic rings. The molecule has 8 heteroatoms. The summed E-state index contributed by atoms with van der Waals surface area (Å²) < 4.78 is 1.96. The van der Waals surface area contributed by atoms with E-state index >= 15 is 0 Å². The Morgan fingerprint density at radius 1 is 1.11 bits per heavy atom. The molecule has 3 N–H and O–H groups in total. The minimum atomic E-state index is -0.575. The number of aromatic nitrogens is 3. The van der Waals surface area contributed by atoms with Crippen LogP contribution in [0.15, 0.2) is 79.1 Å². The molecule has 5 rings (SSSR count). The highest BCUT2D eigenvalue weighted by Crippen LogP contribution is 2.57. The van der Waals surface area contributed by atoms with Gasteiger partial charge >= 0.3 is 0 Å². The first-order valence-corrected chi connectivity index (χ1v) is 13.5. The number of nitrogens with two attached hydrogens (primary N) is 1. The van der Waals surface area contributed by atoms with Crippen LogP contribution in [-0.2, 0) is 11.2 Å². The molecule has 2 aromatic heterocycles. The van der Waals surface area contributed by atoms with Gasteiger partial charge in [0.2, 0.25) is 5.91 Å². The lowest BCUT2D eigenvalue weighted by atomic mass is 9.53. The standard InChI is InChI=1S/C30H31Cl2N5O/c1-30(2)21(18-35-29(38)26(33)13-19-7-4-3-5-8-19)14-23(30)28-16-27(20-9-6-12-34-17-20)36-37(28)22-10-11-24(31)25(32)15-22/h3-12,15-17,21,23,26H,13-14,18,33H2,1-2H3,(H,35,38)/t21-,23+,26+/m1/s1. The fourth-order valence-electron chi connectivity index (χ4n) is 5.30. The summed E-state index contributed by atoms with van der Waals surface area (Å²) in [5.41, 5.74) is 10.9. The summed E-state index contributed by atoms with van der Waals surface area (Å²) in [7, 11) is 0. The molecule has 0 bridgehead atoms. The first-order chi connectivity index (χ1) is 18.2. The summed E-state index contributed by atoms with van der Waals surface area (Å²) in [5.74, 6) is 0.418. The number of hydrogen-bond donors (Lipinski definition) is 2. The topological polar surface area (TPSA) is 85.8 Å². The molecule has 1 aliphatic carbocycles. The number of halogens is 2. The summed E-state index contributed by atoms with van der Waals surface area (Å²) >= 11 is 12.5. The third-order valence-corrected chi connectivity index (χ3v) is 8.57. The zero-order chi connectivity index (χ0) is 26.9. The number of nitrogens with zero attached hydrogens (tertiary/aromatic N) is 3. The van der Waals surface area contributed by atoms with Crippen molar-refractivity contribution in [2.75, 3.05) is 6.54 Å². The van der Waals surface area contributed by atoms with Crippen LogP contribution in [0.5, 0.6) is 0 Å². The average Bonchev–Trinajstić information content (AvgIpc) is 3.35. The van der Waals surface area contributed by atoms with Crippen molar-refractivity contribution in [1.82, 2.24) is 20.1 Å². The van der Waals surface area contributed by atoms with Crippen LogP contribution >= 0.6 is 23.2 Å². The van der Waals surface area contributed by atoms with E-state index in [0.717, 1.165) is 34.6 Å². The van der Waals surface area contributed by atoms with Gasteiger partial charge in [0, 0.05) is 36.1 Å². The van der Waals surface area contributed by atoms with Gasteiger partial charge in [0.15, 0.2) is 0 Å². The number of hydrogen-bond acceptors (Lipinski definition) is 4. The lowest BCUT2D eigenvalue weighted by Crippen LogP contribution is -2.51. The first kappa shape index (κ1) is 26.4. The van der Waals surface area contributed by atoms with Gasteiger partial charge in [0.1, 0.15) is 0 Å². The van der Waals surface area contributed by atoms with Crippen molar-refractivity contribution in [1.29, 1.82) is 0 Å². The highest BCUT2D eigenvalue weighted by molar-refractivity contribution is 6.42. The quantitative estimate of drug-likeness (QED) is 0.281. The second-order valence-corrected chi connectivity index (χ2v) is 11.4. The zero-order valence-electron chi connectivity index (χ0n) is 21.4. The molecule has 4 aromatic rings. The second kappa shape index (κ2) is 10.9. The number of benzene rings is 2. The van der Waals surface area contributed by atoms with Gasteiger partial charge < -0.3 is 11.1 Å². The van der Waals surface area contributed by atoms with Crippen molar-refractivity contribution in [2.24, 2.45) is 17.1 Å². The molecule has 6 nitrogen and oxygen atoms in total. The summed E-state index contributed by atoms with van der Waals surface area (Å²) in [6.07, 6.45) is 5.00. The molecule has 2 aromatic carbocycles. The summed E-state index contributed by atoms with van der Waals surface area (Å²) in [5, 5.41) is 9.02. The molecule has 1 amide bonds. The Morgan fingerprint density at radius 2 is 1.89 bits per heavy atom. The fraction of sp³-hybridized carbons (Fsp3) is 0.300. The molecule has 0 spiro atoms. The Kier molecular flexibility index (Phi) is 7.57. The third-order valence-electron chi connectivity index (χ3n) is 7.83. The average molecular weight is 549 g/mol. The monoisotopic (exact) mass is 547 g/mol. The van der Waals surface area contributed by atoms with Gasteiger partial charge in [0.05, 0.1) is 27.5 Å². The van der Waals surface area contributed by atoms with E-state index in [9.17, 15) is 4.79 Å². The maximum Gasteiger partial charge on any atom is 0.237 e. The highest BCUT2D eigenvalue weighted by atomic mass is 35.5. The predicted octanol–water partition coefficient (Wildman–Crippen LogP) is 6.06. The number of pyridine rings is 1. The Hall–Kier alpha value is -3.19. The van der Waals surface area contributed by atoms with E-state index in [0.29, 0.717) is 28.9 Å². The number of rotatable bonds is 8. The van der Waals surface area contributed by atoms with Crippen molar-refractivity contribution >= 4 is 29.1 Å². The van der Waals surface area contributed by atoms with Crippen molar-refractivity contribution in [3.8, 4) is 16.9 Å². The van der Waals surface area contributed by atoms with Crippen molar-refractivity contribution in [2.45, 2.75) is 38.6 Å². The molecule has 0 saturated heterocycles. The molecule has 0 radical (unpaired) electrons. The number of amides is 1. The summed E-state index contributed by atoms with van der Waals surface area (Å²) in [4.78, 5) is 17.0. The minimum Gasteiger partial charge on any atom is -0.354 e. The Balaban J connectivity index is 1.33. The van der Waals surface area contributed by atoms with Gasteiger partial charge in [-0.1, -0.05) is 67.4 Å². The predicted molar refractivity (Wildman–Crippen MR) is 153 cm³/mol. The van der Waals surface area contributed by atoms with Crippen LogP contribution in [0.4, 0.5) is 0 Å². The Morgan fingerprint density at radius 3 is 2.58 bits per heavy atom. The number of carbonyl (C=O) groups excluding carboxylic acids is 1. The second-order valence-electron chi connectivity index (χ2n) is 10.6. The SMILES string of the molecule is CC1(C)[C@@H](CNC(=O)[C@@H](N)Cc2ccccc2)C[C@H]1c1cc(-c2cccnc2)nn1-c1ccc(Cl)c(Cl)c1. The smallest absolute Gasteiger partial charge is 0.237 e. The highest BCUT2D eigenvalue weighted by Gasteiger charge is 2.50. The van der Waals surface area contributed by atoms with Gasteiger partial charge in [-0.25, -0.2) is 4.68 Å². The maximum atomic E-state index is 12.7. The van der Waals surface area contributed by atoms with Crippen LogP contribution in [0.25, 0.3) is 16.9 Å². The van der Waals surface area contributed by atoms with E-state index in [1.165, 1.54) is 0 Å². The van der Waals surface area contributed by atoms with Crippen molar-refractivity contribution < 1.29 is 4.79 Å². The van der Waals surface area contributed by atoms with Crippen LogP contribution < -0.4 is 11.1 Å². The molecule has 0 unspecified atom stereocenters. The molecule has 38 heavy (non-hydrogen) atoms. The van der Waals surface area contributed by atoms with Crippen LogP contribution in [0.2, 0.25) is 10.0 Å². The molecular weight excluding hydrogens is 517 g/mol. The van der Waals surface area contributed by atoms with E-state index in [1.54, 1.807) is 12.3 Å². The van der Waals surface area contributed by atoms with Crippen LogP contribution in [-0.4, -0.2) is 33.3 Å². The largest absolute Gasteiger partial charge is 0.354 e. The van der Waals surface area contributed by atoms with Crippen molar-refractivity contribution in [3.63, 3.8) is 0 Å².